The topological polar surface area (TPSA) is 53.6 Å². The molecule has 0 aromatic rings. The van der Waals surface area contributed by atoms with E-state index < -0.39 is 0 Å². The predicted molar refractivity (Wildman–Crippen MR) is 68.5 cm³/mol. The van der Waals surface area contributed by atoms with Gasteiger partial charge in [-0.2, -0.15) is 0 Å². The Morgan fingerprint density at radius 2 is 2.22 bits per heavy atom. The number of piperidine rings is 1. The summed E-state index contributed by atoms with van der Waals surface area (Å²) >= 11 is 0. The van der Waals surface area contributed by atoms with Gasteiger partial charge in [-0.3, -0.25) is 4.90 Å². The molecular formula is C13H23N3O2. The molecule has 2 N–H and O–H groups in total. The summed E-state index contributed by atoms with van der Waals surface area (Å²) in [5.41, 5.74) is 0. The average molecular weight is 253 g/mol. The quantitative estimate of drug-likeness (QED) is 0.757. The van der Waals surface area contributed by atoms with Crippen LogP contribution < -0.4 is 10.6 Å². The molecule has 5 heteroatoms. The highest BCUT2D eigenvalue weighted by molar-refractivity contribution is 5.69. The Hall–Kier alpha value is -0.810. The molecule has 102 valence electrons. The van der Waals surface area contributed by atoms with Crippen molar-refractivity contribution in [3.8, 4) is 0 Å². The molecule has 0 aromatic carbocycles. The number of alkyl carbamates (subject to hydrolysis) is 1. The minimum absolute atomic E-state index is 0.0408. The summed E-state index contributed by atoms with van der Waals surface area (Å²) in [4.78, 5) is 13.5. The second kappa shape index (κ2) is 5.45. The van der Waals surface area contributed by atoms with E-state index in [1.807, 2.05) is 0 Å². The van der Waals surface area contributed by atoms with Crippen molar-refractivity contribution in [1.29, 1.82) is 0 Å². The smallest absolute Gasteiger partial charge is 0.407 e. The molecule has 0 bridgehead atoms. The fraction of sp³-hybridized carbons (Fsp3) is 0.923. The molecule has 0 radical (unpaired) electrons. The lowest BCUT2D eigenvalue weighted by molar-refractivity contribution is 0.0723. The molecule has 2 atom stereocenters. The van der Waals surface area contributed by atoms with Crippen molar-refractivity contribution in [2.24, 2.45) is 0 Å². The van der Waals surface area contributed by atoms with Gasteiger partial charge in [-0.1, -0.05) is 6.42 Å². The first-order valence-corrected chi connectivity index (χ1v) is 7.23. The van der Waals surface area contributed by atoms with Crippen molar-refractivity contribution in [1.82, 2.24) is 15.5 Å². The number of carbonyl (C=O) groups is 1. The number of nitrogens with one attached hydrogen (secondary N) is 2. The summed E-state index contributed by atoms with van der Waals surface area (Å²) in [6.07, 6.45) is 6.34. The molecule has 1 amide bonds. The van der Waals surface area contributed by atoms with Crippen LogP contribution in [0.2, 0.25) is 0 Å². The lowest BCUT2D eigenvalue weighted by atomic mass is 10.0. The third kappa shape index (κ3) is 3.14. The van der Waals surface area contributed by atoms with Gasteiger partial charge >= 0.3 is 6.09 Å². The number of likely N-dealkylation sites (tertiary alicyclic amines) is 1. The summed E-state index contributed by atoms with van der Waals surface area (Å²) in [5, 5.41) is 6.36. The van der Waals surface area contributed by atoms with Crippen LogP contribution in [0.5, 0.6) is 0 Å². The number of carbonyl (C=O) groups excluding carboxylic acids is 1. The van der Waals surface area contributed by atoms with E-state index in [-0.39, 0.29) is 12.2 Å². The lowest BCUT2D eigenvalue weighted by Gasteiger charge is -2.36. The number of hydrogen-bond donors (Lipinski definition) is 2. The Morgan fingerprint density at radius 3 is 2.94 bits per heavy atom. The monoisotopic (exact) mass is 253 g/mol. The Morgan fingerprint density at radius 1 is 1.33 bits per heavy atom. The van der Waals surface area contributed by atoms with E-state index in [0.29, 0.717) is 12.6 Å². The zero-order chi connectivity index (χ0) is 12.4. The highest BCUT2D eigenvalue weighted by Gasteiger charge is 2.30. The highest BCUT2D eigenvalue weighted by atomic mass is 16.6. The predicted octanol–water partition coefficient (Wildman–Crippen LogP) is 0.701. The van der Waals surface area contributed by atoms with Crippen molar-refractivity contribution < 1.29 is 9.53 Å². The second-order valence-electron chi connectivity index (χ2n) is 5.74. The van der Waals surface area contributed by atoms with E-state index in [0.717, 1.165) is 25.7 Å². The van der Waals surface area contributed by atoms with Gasteiger partial charge in [-0.05, 0) is 32.2 Å². The summed E-state index contributed by atoms with van der Waals surface area (Å²) in [6, 6.07) is 1.40. The summed E-state index contributed by atoms with van der Waals surface area (Å²) in [5.74, 6) is 0. The molecular weight excluding hydrogens is 230 g/mol. The standard InChI is InChI=1S/C13H23N3O2/c17-13-15-8-12(18-13)9-16-6-2-1-3-11(16)7-14-10-4-5-10/h10-12,14H,1-9H2,(H,15,17). The highest BCUT2D eigenvalue weighted by Crippen LogP contribution is 2.22. The minimum atomic E-state index is -0.260. The molecule has 3 aliphatic rings. The van der Waals surface area contributed by atoms with Gasteiger partial charge in [-0.15, -0.1) is 0 Å². The molecule has 1 aliphatic carbocycles. The first-order chi connectivity index (χ1) is 8.81. The summed E-state index contributed by atoms with van der Waals surface area (Å²) in [6.45, 7) is 3.79. The first-order valence-electron chi connectivity index (χ1n) is 7.23. The Balaban J connectivity index is 1.48. The molecule has 2 unspecified atom stereocenters. The number of ether oxygens (including phenoxy) is 1. The fourth-order valence-corrected chi connectivity index (χ4v) is 2.92. The van der Waals surface area contributed by atoms with Crippen molar-refractivity contribution in [2.45, 2.75) is 50.3 Å². The van der Waals surface area contributed by atoms with Crippen LogP contribution in [0, 0.1) is 0 Å². The van der Waals surface area contributed by atoms with Crippen molar-refractivity contribution in [3.05, 3.63) is 0 Å². The van der Waals surface area contributed by atoms with Crippen LogP contribution in [0.3, 0.4) is 0 Å². The van der Waals surface area contributed by atoms with Crippen LogP contribution in [-0.2, 0) is 4.74 Å². The van der Waals surface area contributed by atoms with Crippen LogP contribution in [0.25, 0.3) is 0 Å². The van der Waals surface area contributed by atoms with Crippen LogP contribution in [0.1, 0.15) is 32.1 Å². The van der Waals surface area contributed by atoms with E-state index in [2.05, 4.69) is 15.5 Å². The molecule has 1 saturated carbocycles. The maximum atomic E-state index is 11.0. The second-order valence-corrected chi connectivity index (χ2v) is 5.74. The molecule has 0 spiro atoms. The molecule has 3 fully saturated rings. The third-order valence-corrected chi connectivity index (χ3v) is 4.15. The van der Waals surface area contributed by atoms with Crippen molar-refractivity contribution in [2.75, 3.05) is 26.2 Å². The van der Waals surface area contributed by atoms with E-state index in [9.17, 15) is 4.79 Å². The summed E-state index contributed by atoms with van der Waals surface area (Å²) in [7, 11) is 0. The lowest BCUT2D eigenvalue weighted by Crippen LogP contribution is -2.49. The van der Waals surface area contributed by atoms with Crippen molar-refractivity contribution >= 4 is 6.09 Å². The molecule has 5 nitrogen and oxygen atoms in total. The van der Waals surface area contributed by atoms with Gasteiger partial charge in [0.25, 0.3) is 0 Å². The van der Waals surface area contributed by atoms with Gasteiger partial charge in [0.2, 0.25) is 0 Å². The number of hydrogen-bond acceptors (Lipinski definition) is 4. The maximum Gasteiger partial charge on any atom is 0.407 e. The van der Waals surface area contributed by atoms with Crippen LogP contribution in [0.4, 0.5) is 4.79 Å². The maximum absolute atomic E-state index is 11.0. The molecule has 18 heavy (non-hydrogen) atoms. The SMILES string of the molecule is O=C1NCC(CN2CCCCC2CNC2CC2)O1. The normalized spacial score (nSPS) is 33.2. The van der Waals surface area contributed by atoms with E-state index in [1.54, 1.807) is 0 Å². The Bertz CT molecular complexity index is 307. The average Bonchev–Trinajstić information content (AvgIpc) is 3.12. The number of amides is 1. The van der Waals surface area contributed by atoms with Gasteiger partial charge < -0.3 is 15.4 Å². The van der Waals surface area contributed by atoms with Gasteiger partial charge in [0.05, 0.1) is 6.54 Å². The number of cyclic esters (lactones) is 1. The summed E-state index contributed by atoms with van der Waals surface area (Å²) < 4.78 is 5.24. The molecule has 2 heterocycles. The largest absolute Gasteiger partial charge is 0.443 e. The molecule has 2 saturated heterocycles. The third-order valence-electron chi connectivity index (χ3n) is 4.15. The Kier molecular flexibility index (Phi) is 3.70. The minimum Gasteiger partial charge on any atom is -0.443 e. The number of rotatable bonds is 5. The zero-order valence-corrected chi connectivity index (χ0v) is 10.9. The number of nitrogens with zero attached hydrogens (tertiary/aromatic N) is 1. The van der Waals surface area contributed by atoms with Crippen LogP contribution in [-0.4, -0.2) is 55.4 Å². The fourth-order valence-electron chi connectivity index (χ4n) is 2.92. The van der Waals surface area contributed by atoms with Gasteiger partial charge in [0.1, 0.15) is 6.10 Å². The van der Waals surface area contributed by atoms with Gasteiger partial charge in [-0.25, -0.2) is 4.79 Å². The van der Waals surface area contributed by atoms with Gasteiger partial charge in [0, 0.05) is 25.2 Å². The van der Waals surface area contributed by atoms with Crippen LogP contribution in [0.15, 0.2) is 0 Å². The molecule has 0 aromatic heterocycles. The van der Waals surface area contributed by atoms with E-state index >= 15 is 0 Å². The van der Waals surface area contributed by atoms with Crippen molar-refractivity contribution in [3.63, 3.8) is 0 Å². The first kappa shape index (κ1) is 12.2. The molecule has 3 rings (SSSR count). The molecule has 2 aliphatic heterocycles. The van der Waals surface area contributed by atoms with E-state index in [1.165, 1.54) is 32.1 Å². The zero-order valence-electron chi connectivity index (χ0n) is 10.9. The van der Waals surface area contributed by atoms with Gasteiger partial charge in [0.15, 0.2) is 0 Å². The Labute approximate surface area is 108 Å². The van der Waals surface area contributed by atoms with E-state index in [4.69, 9.17) is 4.74 Å². The van der Waals surface area contributed by atoms with Crippen LogP contribution >= 0.6 is 0 Å².